The van der Waals surface area contributed by atoms with Crippen LogP contribution in [0.15, 0.2) is 5.10 Å². The van der Waals surface area contributed by atoms with E-state index in [-0.39, 0.29) is 0 Å². The van der Waals surface area contributed by atoms with Crippen LogP contribution in [0.5, 0.6) is 0 Å². The molecule has 1 fully saturated rings. The van der Waals surface area contributed by atoms with Gasteiger partial charge in [0.15, 0.2) is 0 Å². The Morgan fingerprint density at radius 3 is 2.53 bits per heavy atom. The lowest BCUT2D eigenvalue weighted by Gasteiger charge is -2.19. The lowest BCUT2D eigenvalue weighted by Crippen LogP contribution is -2.31. The number of carbonyl (C=O) groups excluding carboxylic acids is 1. The Bertz CT molecular complexity index is 248. The second-order valence-corrected chi connectivity index (χ2v) is 4.40. The SMILES string of the molecule is CC(C)(C)OC(=O)NN=C1CCOCC1. The third-order valence-corrected chi connectivity index (χ3v) is 1.77. The first-order chi connectivity index (χ1) is 6.97. The highest BCUT2D eigenvalue weighted by Gasteiger charge is 2.16. The van der Waals surface area contributed by atoms with E-state index >= 15 is 0 Å². The van der Waals surface area contributed by atoms with Crippen molar-refractivity contribution in [1.29, 1.82) is 0 Å². The number of hydrogen-bond donors (Lipinski definition) is 1. The Kier molecular flexibility index (Phi) is 4.08. The predicted molar refractivity (Wildman–Crippen MR) is 56.9 cm³/mol. The minimum Gasteiger partial charge on any atom is -0.443 e. The van der Waals surface area contributed by atoms with Crippen LogP contribution < -0.4 is 5.43 Å². The molecule has 0 aromatic heterocycles. The monoisotopic (exact) mass is 214 g/mol. The minimum atomic E-state index is -0.513. The highest BCUT2D eigenvalue weighted by molar-refractivity contribution is 5.86. The molecule has 1 aliphatic heterocycles. The first-order valence-corrected chi connectivity index (χ1v) is 5.09. The van der Waals surface area contributed by atoms with Crippen molar-refractivity contribution in [3.05, 3.63) is 0 Å². The van der Waals surface area contributed by atoms with Crippen LogP contribution in [0.4, 0.5) is 4.79 Å². The molecule has 86 valence electrons. The molecular formula is C10H18N2O3. The number of hydrogen-bond acceptors (Lipinski definition) is 4. The van der Waals surface area contributed by atoms with Crippen molar-refractivity contribution in [2.24, 2.45) is 5.10 Å². The zero-order chi connectivity index (χ0) is 11.3. The van der Waals surface area contributed by atoms with Crippen molar-refractivity contribution in [3.8, 4) is 0 Å². The summed E-state index contributed by atoms with van der Waals surface area (Å²) in [6, 6.07) is 0. The molecule has 0 spiro atoms. The first kappa shape index (κ1) is 12.0. The van der Waals surface area contributed by atoms with Crippen molar-refractivity contribution in [2.75, 3.05) is 13.2 Å². The normalized spacial score (nSPS) is 17.1. The number of carbonyl (C=O) groups is 1. The highest BCUT2D eigenvalue weighted by Crippen LogP contribution is 2.07. The molecule has 1 saturated heterocycles. The lowest BCUT2D eigenvalue weighted by molar-refractivity contribution is 0.0527. The van der Waals surface area contributed by atoms with Crippen LogP contribution in [0.25, 0.3) is 0 Å². The molecule has 0 atom stereocenters. The molecule has 1 heterocycles. The Balaban J connectivity index is 2.32. The molecule has 0 unspecified atom stereocenters. The van der Waals surface area contributed by atoms with Crippen LogP contribution in [-0.4, -0.2) is 30.6 Å². The molecule has 0 aromatic rings. The maximum atomic E-state index is 11.2. The van der Waals surface area contributed by atoms with Crippen LogP contribution >= 0.6 is 0 Å². The van der Waals surface area contributed by atoms with Gasteiger partial charge in [-0.05, 0) is 20.8 Å². The minimum absolute atomic E-state index is 0.486. The summed E-state index contributed by atoms with van der Waals surface area (Å²) in [6.45, 7) is 6.79. The Morgan fingerprint density at radius 1 is 1.40 bits per heavy atom. The van der Waals surface area contributed by atoms with Crippen LogP contribution in [0.2, 0.25) is 0 Å². The molecule has 1 N–H and O–H groups in total. The molecule has 0 aliphatic carbocycles. The zero-order valence-corrected chi connectivity index (χ0v) is 9.50. The van der Waals surface area contributed by atoms with E-state index in [0.29, 0.717) is 13.2 Å². The number of rotatable bonds is 1. The van der Waals surface area contributed by atoms with Gasteiger partial charge in [-0.25, -0.2) is 10.2 Å². The van der Waals surface area contributed by atoms with Crippen molar-refractivity contribution >= 4 is 11.8 Å². The van der Waals surface area contributed by atoms with Crippen LogP contribution in [0, 0.1) is 0 Å². The molecule has 0 bridgehead atoms. The first-order valence-electron chi connectivity index (χ1n) is 5.09. The fraction of sp³-hybridized carbons (Fsp3) is 0.800. The van der Waals surface area contributed by atoms with Gasteiger partial charge in [-0.2, -0.15) is 5.10 Å². The van der Waals surface area contributed by atoms with E-state index in [9.17, 15) is 4.79 Å². The van der Waals surface area contributed by atoms with Gasteiger partial charge in [-0.15, -0.1) is 0 Å². The van der Waals surface area contributed by atoms with Gasteiger partial charge in [-0.1, -0.05) is 0 Å². The van der Waals surface area contributed by atoms with Gasteiger partial charge in [-0.3, -0.25) is 0 Å². The van der Waals surface area contributed by atoms with Crippen molar-refractivity contribution in [3.63, 3.8) is 0 Å². The summed E-state index contributed by atoms with van der Waals surface area (Å²) in [5.41, 5.74) is 2.85. The maximum Gasteiger partial charge on any atom is 0.428 e. The van der Waals surface area contributed by atoms with Crippen LogP contribution in [0.1, 0.15) is 33.6 Å². The van der Waals surface area contributed by atoms with Gasteiger partial charge in [0.2, 0.25) is 0 Å². The number of amides is 1. The van der Waals surface area contributed by atoms with Crippen molar-refractivity contribution in [1.82, 2.24) is 5.43 Å². The number of nitrogens with one attached hydrogen (secondary N) is 1. The maximum absolute atomic E-state index is 11.2. The van der Waals surface area contributed by atoms with E-state index < -0.39 is 11.7 Å². The Labute approximate surface area is 89.8 Å². The van der Waals surface area contributed by atoms with Gasteiger partial charge in [0.05, 0.1) is 13.2 Å². The van der Waals surface area contributed by atoms with E-state index in [0.717, 1.165) is 18.6 Å². The molecule has 15 heavy (non-hydrogen) atoms. The topological polar surface area (TPSA) is 59.9 Å². The fourth-order valence-corrected chi connectivity index (χ4v) is 1.14. The summed E-state index contributed by atoms with van der Waals surface area (Å²) in [7, 11) is 0. The largest absolute Gasteiger partial charge is 0.443 e. The molecule has 0 aromatic carbocycles. The summed E-state index contributed by atoms with van der Waals surface area (Å²) in [5.74, 6) is 0. The van der Waals surface area contributed by atoms with Gasteiger partial charge < -0.3 is 9.47 Å². The number of hydrazone groups is 1. The molecule has 0 saturated carbocycles. The molecule has 1 rings (SSSR count). The van der Waals surface area contributed by atoms with Crippen molar-refractivity contribution in [2.45, 2.75) is 39.2 Å². The van der Waals surface area contributed by atoms with Crippen LogP contribution in [-0.2, 0) is 9.47 Å². The molecular weight excluding hydrogens is 196 g/mol. The second kappa shape index (κ2) is 5.11. The zero-order valence-electron chi connectivity index (χ0n) is 9.50. The summed E-state index contributed by atoms with van der Waals surface area (Å²) >= 11 is 0. The van der Waals surface area contributed by atoms with E-state index in [1.807, 2.05) is 20.8 Å². The fourth-order valence-electron chi connectivity index (χ4n) is 1.14. The van der Waals surface area contributed by atoms with E-state index in [1.54, 1.807) is 0 Å². The van der Waals surface area contributed by atoms with Crippen LogP contribution in [0.3, 0.4) is 0 Å². The average molecular weight is 214 g/mol. The third kappa shape index (κ3) is 5.37. The predicted octanol–water partition coefficient (Wildman–Crippen LogP) is 1.68. The van der Waals surface area contributed by atoms with Gasteiger partial charge in [0, 0.05) is 18.6 Å². The molecule has 1 aliphatic rings. The lowest BCUT2D eigenvalue weighted by atomic mass is 10.2. The summed E-state index contributed by atoms with van der Waals surface area (Å²) in [4.78, 5) is 11.2. The van der Waals surface area contributed by atoms with E-state index in [4.69, 9.17) is 9.47 Å². The average Bonchev–Trinajstić information content (AvgIpc) is 2.14. The Hall–Kier alpha value is -1.10. The molecule has 0 radical (unpaired) electrons. The molecule has 5 heteroatoms. The molecule has 1 amide bonds. The van der Waals surface area contributed by atoms with E-state index in [1.165, 1.54) is 0 Å². The van der Waals surface area contributed by atoms with Gasteiger partial charge in [0.25, 0.3) is 0 Å². The third-order valence-electron chi connectivity index (χ3n) is 1.77. The highest BCUT2D eigenvalue weighted by atomic mass is 16.6. The van der Waals surface area contributed by atoms with E-state index in [2.05, 4.69) is 10.5 Å². The Morgan fingerprint density at radius 2 is 2.00 bits per heavy atom. The molecule has 5 nitrogen and oxygen atoms in total. The standard InChI is InChI=1S/C10H18N2O3/c1-10(2,3)15-9(13)12-11-8-4-6-14-7-5-8/h4-7H2,1-3H3,(H,12,13). The number of nitrogens with zero attached hydrogens (tertiary/aromatic N) is 1. The van der Waals surface area contributed by atoms with Crippen molar-refractivity contribution < 1.29 is 14.3 Å². The smallest absolute Gasteiger partial charge is 0.428 e. The van der Waals surface area contributed by atoms with Gasteiger partial charge >= 0.3 is 6.09 Å². The van der Waals surface area contributed by atoms with Gasteiger partial charge in [0.1, 0.15) is 5.60 Å². The summed E-state index contributed by atoms with van der Waals surface area (Å²) in [5, 5.41) is 3.98. The summed E-state index contributed by atoms with van der Waals surface area (Å²) < 4.78 is 10.2. The quantitative estimate of drug-likeness (QED) is 0.675. The summed E-state index contributed by atoms with van der Waals surface area (Å²) in [6.07, 6.45) is 1.03. The number of ether oxygens (including phenoxy) is 2. The second-order valence-electron chi connectivity index (χ2n) is 4.40.